The highest BCUT2D eigenvalue weighted by atomic mass is 16.6. The van der Waals surface area contributed by atoms with Crippen LogP contribution in [0.5, 0.6) is 0 Å². The van der Waals surface area contributed by atoms with Crippen LogP contribution < -0.4 is 0 Å². The average molecular weight is 153 g/mol. The normalized spacial score (nSPS) is 11.5. The zero-order chi connectivity index (χ0) is 8.27. The molecule has 1 aromatic rings. The summed E-state index contributed by atoms with van der Waals surface area (Å²) in [6.45, 7) is 1.61. The summed E-state index contributed by atoms with van der Waals surface area (Å²) in [6.07, 6.45) is 5.82. The first kappa shape index (κ1) is 7.46. The second-order valence-corrected chi connectivity index (χ2v) is 1.87. The molecule has 0 saturated carbocycles. The molecule has 0 fully saturated rings. The molecule has 58 valence electrons. The second kappa shape index (κ2) is 2.96. The Bertz CT molecular complexity index is 276. The van der Waals surface area contributed by atoms with Crippen LogP contribution in [0.15, 0.2) is 24.8 Å². The Balaban J connectivity index is 2.99. The third-order valence-electron chi connectivity index (χ3n) is 1.21. The monoisotopic (exact) mass is 153 g/mol. The van der Waals surface area contributed by atoms with Crippen molar-refractivity contribution in [1.29, 1.82) is 0 Å². The van der Waals surface area contributed by atoms with E-state index in [-0.39, 0.29) is 5.82 Å². The molecule has 0 radical (unpaired) electrons. The van der Waals surface area contributed by atoms with E-state index in [1.807, 2.05) is 0 Å². The van der Waals surface area contributed by atoms with Gasteiger partial charge in [0.25, 0.3) is 0 Å². The van der Waals surface area contributed by atoms with Crippen LogP contribution in [0.1, 0.15) is 6.92 Å². The molecule has 0 unspecified atom stereocenters. The zero-order valence-corrected chi connectivity index (χ0v) is 5.97. The van der Waals surface area contributed by atoms with Crippen molar-refractivity contribution in [2.24, 2.45) is 0 Å². The molecule has 1 aromatic heterocycles. The maximum atomic E-state index is 10.3. The Morgan fingerprint density at radius 1 is 1.82 bits per heavy atom. The molecule has 0 N–H and O–H groups in total. The minimum absolute atomic E-state index is 0.0162. The molecule has 0 atom stereocenters. The van der Waals surface area contributed by atoms with Crippen molar-refractivity contribution in [2.45, 2.75) is 6.92 Å². The van der Waals surface area contributed by atoms with Crippen molar-refractivity contribution < 1.29 is 4.92 Å². The fourth-order valence-electron chi connectivity index (χ4n) is 0.743. The molecule has 0 bridgehead atoms. The third kappa shape index (κ3) is 1.43. The van der Waals surface area contributed by atoms with Gasteiger partial charge in [-0.25, -0.2) is 4.98 Å². The quantitative estimate of drug-likeness (QED) is 0.470. The van der Waals surface area contributed by atoms with Gasteiger partial charge in [-0.05, 0) is 11.8 Å². The van der Waals surface area contributed by atoms with Crippen LogP contribution in [-0.4, -0.2) is 14.5 Å². The van der Waals surface area contributed by atoms with E-state index >= 15 is 0 Å². The lowest BCUT2D eigenvalue weighted by molar-refractivity contribution is -0.383. The van der Waals surface area contributed by atoms with Crippen LogP contribution >= 0.6 is 0 Å². The molecule has 0 amide bonds. The molecule has 1 heterocycles. The largest absolute Gasteiger partial charge is 0.358 e. The van der Waals surface area contributed by atoms with Crippen LogP contribution in [0.2, 0.25) is 0 Å². The molecule has 0 aromatic carbocycles. The number of nitrogens with zero attached hydrogens (tertiary/aromatic N) is 3. The minimum atomic E-state index is -0.457. The van der Waals surface area contributed by atoms with Crippen LogP contribution in [0.4, 0.5) is 0 Å². The standard InChI is InChI=1S/C6H7N3O2/c1-2-6(9(10)11)8-4-3-7-5-8/h2-5H,1H3/b6-2+. The number of imidazole rings is 1. The van der Waals surface area contributed by atoms with E-state index in [1.165, 1.54) is 29.4 Å². The van der Waals surface area contributed by atoms with Crippen molar-refractivity contribution in [3.63, 3.8) is 0 Å². The highest BCUT2D eigenvalue weighted by Crippen LogP contribution is 2.02. The lowest BCUT2D eigenvalue weighted by Crippen LogP contribution is -2.03. The topological polar surface area (TPSA) is 61.0 Å². The third-order valence-corrected chi connectivity index (χ3v) is 1.21. The van der Waals surface area contributed by atoms with E-state index in [4.69, 9.17) is 0 Å². The Morgan fingerprint density at radius 2 is 2.55 bits per heavy atom. The summed E-state index contributed by atoms with van der Waals surface area (Å²) in [5.41, 5.74) is 0. The van der Waals surface area contributed by atoms with Gasteiger partial charge < -0.3 is 10.1 Å². The predicted octanol–water partition coefficient (Wildman–Crippen LogP) is 0.978. The van der Waals surface area contributed by atoms with Crippen molar-refractivity contribution in [1.82, 2.24) is 9.55 Å². The molecule has 11 heavy (non-hydrogen) atoms. The van der Waals surface area contributed by atoms with E-state index in [0.717, 1.165) is 0 Å². The van der Waals surface area contributed by atoms with Crippen molar-refractivity contribution >= 4 is 5.82 Å². The summed E-state index contributed by atoms with van der Waals surface area (Å²) in [5, 5.41) is 10.3. The number of aromatic nitrogens is 2. The molecule has 0 aliphatic carbocycles. The highest BCUT2D eigenvalue weighted by Gasteiger charge is 2.08. The molecule has 0 saturated heterocycles. The fraction of sp³-hybridized carbons (Fsp3) is 0.167. The summed E-state index contributed by atoms with van der Waals surface area (Å²) in [5.74, 6) is 0.0162. The Hall–Kier alpha value is -1.65. The summed E-state index contributed by atoms with van der Waals surface area (Å²) in [7, 11) is 0. The van der Waals surface area contributed by atoms with Crippen molar-refractivity contribution in [3.8, 4) is 0 Å². The minimum Gasteiger partial charge on any atom is -0.358 e. The van der Waals surface area contributed by atoms with E-state index in [9.17, 15) is 10.1 Å². The lowest BCUT2D eigenvalue weighted by atomic mass is 10.6. The number of rotatable bonds is 2. The van der Waals surface area contributed by atoms with Crippen molar-refractivity contribution in [3.05, 3.63) is 34.9 Å². The van der Waals surface area contributed by atoms with Gasteiger partial charge in [0.2, 0.25) is 0 Å². The number of hydrogen-bond donors (Lipinski definition) is 0. The first-order chi connectivity index (χ1) is 5.25. The summed E-state index contributed by atoms with van der Waals surface area (Å²) in [4.78, 5) is 13.6. The molecular weight excluding hydrogens is 146 g/mol. The SMILES string of the molecule is C/C=C(\n1ccnc1)[N+](=O)[O-]. The molecule has 0 aliphatic rings. The maximum absolute atomic E-state index is 10.3. The van der Waals surface area contributed by atoms with Gasteiger partial charge in [-0.3, -0.25) is 0 Å². The second-order valence-electron chi connectivity index (χ2n) is 1.87. The maximum Gasteiger partial charge on any atom is 0.324 e. The summed E-state index contributed by atoms with van der Waals surface area (Å²) >= 11 is 0. The van der Waals surface area contributed by atoms with Gasteiger partial charge in [0, 0.05) is 6.08 Å². The van der Waals surface area contributed by atoms with Crippen LogP contribution in [0.3, 0.4) is 0 Å². The summed E-state index contributed by atoms with van der Waals surface area (Å²) < 4.78 is 1.35. The Kier molecular flexibility index (Phi) is 2.00. The Labute approximate surface area is 63.1 Å². The number of hydrogen-bond acceptors (Lipinski definition) is 3. The number of allylic oxidation sites excluding steroid dienone is 1. The molecule has 0 spiro atoms. The molecule has 5 heteroatoms. The lowest BCUT2D eigenvalue weighted by Gasteiger charge is -1.96. The molecule has 5 nitrogen and oxygen atoms in total. The van der Waals surface area contributed by atoms with Crippen LogP contribution in [0.25, 0.3) is 5.82 Å². The van der Waals surface area contributed by atoms with E-state index in [0.29, 0.717) is 0 Å². The first-order valence-corrected chi connectivity index (χ1v) is 3.04. The molecule has 0 aliphatic heterocycles. The van der Waals surface area contributed by atoms with Gasteiger partial charge in [-0.2, -0.15) is 4.57 Å². The average Bonchev–Trinajstić information content (AvgIpc) is 2.40. The van der Waals surface area contributed by atoms with Crippen molar-refractivity contribution in [2.75, 3.05) is 0 Å². The predicted molar refractivity (Wildman–Crippen MR) is 39.2 cm³/mol. The van der Waals surface area contributed by atoms with Gasteiger partial charge in [0.15, 0.2) is 6.33 Å². The molecule has 1 rings (SSSR count). The van der Waals surface area contributed by atoms with Gasteiger partial charge >= 0.3 is 5.82 Å². The van der Waals surface area contributed by atoms with E-state index in [2.05, 4.69) is 4.98 Å². The zero-order valence-electron chi connectivity index (χ0n) is 5.97. The van der Waals surface area contributed by atoms with E-state index in [1.54, 1.807) is 6.92 Å². The highest BCUT2D eigenvalue weighted by molar-refractivity contribution is 5.33. The van der Waals surface area contributed by atoms with Crippen LogP contribution in [-0.2, 0) is 0 Å². The number of nitro groups is 1. The Morgan fingerprint density at radius 3 is 2.91 bits per heavy atom. The van der Waals surface area contributed by atoms with Crippen LogP contribution in [0, 0.1) is 10.1 Å². The van der Waals surface area contributed by atoms with Gasteiger partial charge in [-0.15, -0.1) is 0 Å². The van der Waals surface area contributed by atoms with E-state index < -0.39 is 4.92 Å². The van der Waals surface area contributed by atoms with Gasteiger partial charge in [0.05, 0.1) is 6.20 Å². The van der Waals surface area contributed by atoms with Gasteiger partial charge in [0.1, 0.15) is 6.20 Å². The van der Waals surface area contributed by atoms with Gasteiger partial charge in [-0.1, -0.05) is 0 Å². The first-order valence-electron chi connectivity index (χ1n) is 3.04. The fourth-order valence-corrected chi connectivity index (χ4v) is 0.743. The summed E-state index contributed by atoms with van der Waals surface area (Å²) in [6, 6.07) is 0. The smallest absolute Gasteiger partial charge is 0.324 e. The molecular formula is C6H7N3O2.